The lowest BCUT2D eigenvalue weighted by Gasteiger charge is -2.17. The summed E-state index contributed by atoms with van der Waals surface area (Å²) in [6.07, 6.45) is 2.47. The lowest BCUT2D eigenvalue weighted by Crippen LogP contribution is -2.27. The monoisotopic (exact) mass is 374 g/mol. The number of primary sulfonamides is 1. The van der Waals surface area contributed by atoms with Gasteiger partial charge in [0.2, 0.25) is 16.0 Å². The molecule has 0 aliphatic carbocycles. The van der Waals surface area contributed by atoms with Crippen molar-refractivity contribution in [2.75, 3.05) is 23.3 Å². The molecule has 0 amide bonds. The SMILES string of the molecule is NC1CCN(c2nc(Nc3ccc(S(N)(=O)=O)cc3)nc3ccoc23)C1. The van der Waals surface area contributed by atoms with Crippen LogP contribution in [0.3, 0.4) is 0 Å². The summed E-state index contributed by atoms with van der Waals surface area (Å²) < 4.78 is 28.2. The highest BCUT2D eigenvalue weighted by molar-refractivity contribution is 7.89. The maximum Gasteiger partial charge on any atom is 0.238 e. The number of aromatic nitrogens is 2. The predicted octanol–water partition coefficient (Wildman–Crippen LogP) is 1.15. The molecule has 1 aliphatic rings. The van der Waals surface area contributed by atoms with Crippen molar-refractivity contribution >= 4 is 38.6 Å². The fourth-order valence-corrected chi connectivity index (χ4v) is 3.47. The van der Waals surface area contributed by atoms with Crippen LogP contribution in [0.5, 0.6) is 0 Å². The van der Waals surface area contributed by atoms with Gasteiger partial charge in [-0.25, -0.2) is 18.5 Å². The molecule has 0 spiro atoms. The quantitative estimate of drug-likeness (QED) is 0.618. The number of furan rings is 1. The van der Waals surface area contributed by atoms with Crippen molar-refractivity contribution in [1.82, 2.24) is 9.97 Å². The molecule has 1 fully saturated rings. The van der Waals surface area contributed by atoms with Crippen LogP contribution >= 0.6 is 0 Å². The van der Waals surface area contributed by atoms with Gasteiger partial charge in [0.1, 0.15) is 5.52 Å². The molecule has 4 rings (SSSR count). The molecule has 26 heavy (non-hydrogen) atoms. The van der Waals surface area contributed by atoms with Crippen LogP contribution in [0.4, 0.5) is 17.5 Å². The van der Waals surface area contributed by atoms with Crippen LogP contribution in [0.2, 0.25) is 0 Å². The van der Waals surface area contributed by atoms with E-state index in [-0.39, 0.29) is 10.9 Å². The minimum absolute atomic E-state index is 0.0426. The predicted molar refractivity (Wildman–Crippen MR) is 97.7 cm³/mol. The first-order valence-electron chi connectivity index (χ1n) is 8.06. The summed E-state index contributed by atoms with van der Waals surface area (Å²) in [7, 11) is -3.73. The first-order valence-corrected chi connectivity index (χ1v) is 9.60. The Labute approximate surface area is 150 Å². The molecular formula is C16H18N6O3S. The van der Waals surface area contributed by atoms with Gasteiger partial charge in [0.25, 0.3) is 0 Å². The first kappa shape index (κ1) is 16.8. The maximum absolute atomic E-state index is 11.3. The molecule has 1 aromatic carbocycles. The van der Waals surface area contributed by atoms with E-state index in [2.05, 4.69) is 20.2 Å². The maximum atomic E-state index is 11.3. The molecule has 1 saturated heterocycles. The average molecular weight is 374 g/mol. The van der Waals surface area contributed by atoms with Gasteiger partial charge < -0.3 is 20.4 Å². The molecule has 136 valence electrons. The third-order valence-corrected chi connectivity index (χ3v) is 5.18. The molecule has 5 N–H and O–H groups in total. The number of fused-ring (bicyclic) bond motifs is 1. The van der Waals surface area contributed by atoms with Crippen LogP contribution in [0.15, 0.2) is 45.9 Å². The summed E-state index contributed by atoms with van der Waals surface area (Å²) in [5, 5.41) is 8.19. The van der Waals surface area contributed by atoms with Gasteiger partial charge in [-0.1, -0.05) is 0 Å². The van der Waals surface area contributed by atoms with Crippen molar-refractivity contribution in [3.63, 3.8) is 0 Å². The van der Waals surface area contributed by atoms with E-state index in [0.717, 1.165) is 13.0 Å². The Balaban J connectivity index is 1.66. The number of nitrogens with two attached hydrogens (primary N) is 2. The Morgan fingerprint density at radius 2 is 1.96 bits per heavy atom. The number of anilines is 3. The Bertz CT molecular complexity index is 1050. The number of benzene rings is 1. The smallest absolute Gasteiger partial charge is 0.238 e. The first-order chi connectivity index (χ1) is 12.4. The largest absolute Gasteiger partial charge is 0.459 e. The van der Waals surface area contributed by atoms with E-state index >= 15 is 0 Å². The summed E-state index contributed by atoms with van der Waals surface area (Å²) >= 11 is 0. The van der Waals surface area contributed by atoms with Crippen LogP contribution in [0, 0.1) is 0 Å². The number of hydrogen-bond acceptors (Lipinski definition) is 8. The zero-order valence-electron chi connectivity index (χ0n) is 13.8. The Morgan fingerprint density at radius 1 is 1.19 bits per heavy atom. The second-order valence-electron chi connectivity index (χ2n) is 6.19. The van der Waals surface area contributed by atoms with E-state index in [4.69, 9.17) is 15.3 Å². The van der Waals surface area contributed by atoms with E-state index in [1.54, 1.807) is 24.5 Å². The second-order valence-corrected chi connectivity index (χ2v) is 7.76. The number of sulfonamides is 1. The molecule has 1 atom stereocenters. The molecule has 0 radical (unpaired) electrons. The van der Waals surface area contributed by atoms with Crippen molar-refractivity contribution in [3.05, 3.63) is 36.6 Å². The van der Waals surface area contributed by atoms with Crippen molar-refractivity contribution in [3.8, 4) is 0 Å². The van der Waals surface area contributed by atoms with Gasteiger partial charge in [-0.05, 0) is 30.7 Å². The van der Waals surface area contributed by atoms with E-state index in [0.29, 0.717) is 35.1 Å². The third kappa shape index (κ3) is 3.21. The van der Waals surface area contributed by atoms with Crippen molar-refractivity contribution < 1.29 is 12.8 Å². The van der Waals surface area contributed by atoms with E-state index in [1.165, 1.54) is 12.1 Å². The normalized spacial score (nSPS) is 17.8. The summed E-state index contributed by atoms with van der Waals surface area (Å²) in [6, 6.07) is 7.94. The van der Waals surface area contributed by atoms with Crippen molar-refractivity contribution in [2.45, 2.75) is 17.4 Å². The van der Waals surface area contributed by atoms with Gasteiger partial charge >= 0.3 is 0 Å². The van der Waals surface area contributed by atoms with Gasteiger partial charge in [-0.2, -0.15) is 4.98 Å². The Morgan fingerprint density at radius 3 is 2.62 bits per heavy atom. The molecular weight excluding hydrogens is 356 g/mol. The zero-order valence-corrected chi connectivity index (χ0v) is 14.6. The highest BCUT2D eigenvalue weighted by Gasteiger charge is 2.24. The average Bonchev–Trinajstić information content (AvgIpc) is 3.22. The highest BCUT2D eigenvalue weighted by atomic mass is 32.2. The molecule has 2 aromatic heterocycles. The van der Waals surface area contributed by atoms with E-state index in [1.807, 2.05) is 0 Å². The topological polar surface area (TPSA) is 140 Å². The number of rotatable bonds is 4. The highest BCUT2D eigenvalue weighted by Crippen LogP contribution is 2.29. The Hall–Kier alpha value is -2.69. The molecule has 1 aliphatic heterocycles. The lowest BCUT2D eigenvalue weighted by atomic mass is 10.3. The molecule has 0 saturated carbocycles. The van der Waals surface area contributed by atoms with Gasteiger partial charge in [-0.15, -0.1) is 0 Å². The van der Waals surface area contributed by atoms with Crippen LogP contribution in [-0.4, -0.2) is 37.5 Å². The molecule has 0 bridgehead atoms. The van der Waals surface area contributed by atoms with Gasteiger partial charge in [0.05, 0.1) is 11.2 Å². The van der Waals surface area contributed by atoms with Gasteiger partial charge in [-0.3, -0.25) is 0 Å². The van der Waals surface area contributed by atoms with Crippen LogP contribution in [-0.2, 0) is 10.0 Å². The van der Waals surface area contributed by atoms with Crippen LogP contribution in [0.1, 0.15) is 6.42 Å². The third-order valence-electron chi connectivity index (χ3n) is 4.25. The van der Waals surface area contributed by atoms with E-state index < -0.39 is 10.0 Å². The van der Waals surface area contributed by atoms with Crippen molar-refractivity contribution in [2.24, 2.45) is 10.9 Å². The van der Waals surface area contributed by atoms with E-state index in [9.17, 15) is 8.42 Å². The summed E-state index contributed by atoms with van der Waals surface area (Å²) in [5.41, 5.74) is 7.94. The minimum Gasteiger partial charge on any atom is -0.459 e. The summed E-state index contributed by atoms with van der Waals surface area (Å²) in [6.45, 7) is 1.51. The minimum atomic E-state index is -3.73. The molecule has 1 unspecified atom stereocenters. The second kappa shape index (κ2) is 6.24. The summed E-state index contributed by atoms with van der Waals surface area (Å²) in [5.74, 6) is 1.08. The van der Waals surface area contributed by atoms with Crippen LogP contribution in [0.25, 0.3) is 11.1 Å². The van der Waals surface area contributed by atoms with Crippen molar-refractivity contribution in [1.29, 1.82) is 0 Å². The fraction of sp³-hybridized carbons (Fsp3) is 0.250. The Kier molecular flexibility index (Phi) is 4.02. The molecule has 3 heterocycles. The number of nitrogens with one attached hydrogen (secondary N) is 1. The van der Waals surface area contributed by atoms with Gasteiger partial charge in [0.15, 0.2) is 11.4 Å². The fourth-order valence-electron chi connectivity index (χ4n) is 2.95. The molecule has 3 aromatic rings. The summed E-state index contributed by atoms with van der Waals surface area (Å²) in [4.78, 5) is 11.1. The lowest BCUT2D eigenvalue weighted by molar-refractivity contribution is 0.598. The van der Waals surface area contributed by atoms with Crippen LogP contribution < -0.4 is 21.1 Å². The number of nitrogens with zero attached hydrogens (tertiary/aromatic N) is 3. The van der Waals surface area contributed by atoms with Gasteiger partial charge in [0, 0.05) is 30.9 Å². The number of hydrogen-bond donors (Lipinski definition) is 3. The molecule has 9 nitrogen and oxygen atoms in total. The standard InChI is InChI=1S/C16H18N6O3S/c17-10-5-7-22(9-10)15-14-13(6-8-25-14)20-16(21-15)19-11-1-3-12(4-2-11)26(18,23)24/h1-4,6,8,10H,5,7,9,17H2,(H2,18,23,24)(H,19,20,21). The zero-order chi connectivity index (χ0) is 18.3. The molecule has 10 heteroatoms.